The van der Waals surface area contributed by atoms with Gasteiger partial charge in [-0.15, -0.1) is 0 Å². The van der Waals surface area contributed by atoms with Crippen LogP contribution in [0.25, 0.3) is 0 Å². The highest BCUT2D eigenvalue weighted by atomic mass is 35.5. The summed E-state index contributed by atoms with van der Waals surface area (Å²) in [4.78, 5) is 4.39. The third-order valence-corrected chi connectivity index (χ3v) is 3.84. The fourth-order valence-electron chi connectivity index (χ4n) is 1.39. The van der Waals surface area contributed by atoms with Gasteiger partial charge in [0.1, 0.15) is 0 Å². The van der Waals surface area contributed by atoms with Crippen LogP contribution in [0.1, 0.15) is 12.0 Å². The summed E-state index contributed by atoms with van der Waals surface area (Å²) in [5.74, 6) is 0.821. The highest BCUT2D eigenvalue weighted by Crippen LogP contribution is 2.25. The van der Waals surface area contributed by atoms with E-state index in [1.807, 2.05) is 12.1 Å². The van der Waals surface area contributed by atoms with E-state index in [-0.39, 0.29) is 0 Å². The first-order valence-corrected chi connectivity index (χ1v) is 6.85. The molecule has 2 nitrogen and oxygen atoms in total. The summed E-state index contributed by atoms with van der Waals surface area (Å²) in [6, 6.07) is 5.59. The van der Waals surface area contributed by atoms with Crippen molar-refractivity contribution in [3.05, 3.63) is 33.8 Å². The number of thioether (sulfide) groups is 1. The highest BCUT2D eigenvalue weighted by molar-refractivity contribution is 8.13. The monoisotopic (exact) mass is 274 g/mol. The molecule has 0 aromatic heterocycles. The second kappa shape index (κ2) is 5.80. The summed E-state index contributed by atoms with van der Waals surface area (Å²) in [5.41, 5.74) is 1.09. The van der Waals surface area contributed by atoms with E-state index in [1.54, 1.807) is 17.8 Å². The van der Waals surface area contributed by atoms with Crippen LogP contribution < -0.4 is 5.32 Å². The molecular formula is C11H12Cl2N2S. The summed E-state index contributed by atoms with van der Waals surface area (Å²) >= 11 is 13.6. The number of aliphatic imine (C=N–C) groups is 1. The van der Waals surface area contributed by atoms with Crippen LogP contribution in [0.15, 0.2) is 23.2 Å². The standard InChI is InChI=1S/C11H12Cl2N2S/c12-9-3-2-8(10(13)6-9)7-16-11-14-4-1-5-15-11/h2-3,6H,1,4-5,7H2,(H,14,15). The van der Waals surface area contributed by atoms with Crippen LogP contribution in [0, 0.1) is 0 Å². The molecule has 0 atom stereocenters. The molecule has 0 spiro atoms. The van der Waals surface area contributed by atoms with Crippen molar-refractivity contribution in [2.45, 2.75) is 12.2 Å². The molecule has 1 heterocycles. The molecule has 1 aromatic carbocycles. The lowest BCUT2D eigenvalue weighted by Gasteiger charge is -2.13. The molecule has 0 aliphatic carbocycles. The molecule has 0 radical (unpaired) electrons. The summed E-state index contributed by atoms with van der Waals surface area (Å²) in [7, 11) is 0. The molecule has 16 heavy (non-hydrogen) atoms. The van der Waals surface area contributed by atoms with Gasteiger partial charge in [0, 0.05) is 28.9 Å². The molecule has 0 amide bonds. The average Bonchev–Trinajstić information content (AvgIpc) is 2.29. The van der Waals surface area contributed by atoms with E-state index < -0.39 is 0 Å². The lowest BCUT2D eigenvalue weighted by Crippen LogP contribution is -2.26. The van der Waals surface area contributed by atoms with Gasteiger partial charge in [0.25, 0.3) is 0 Å². The van der Waals surface area contributed by atoms with E-state index in [9.17, 15) is 0 Å². The van der Waals surface area contributed by atoms with Crippen LogP contribution in [-0.4, -0.2) is 18.3 Å². The largest absolute Gasteiger partial charge is 0.365 e. The zero-order valence-corrected chi connectivity index (χ0v) is 11.0. The smallest absolute Gasteiger partial charge is 0.156 e. The van der Waals surface area contributed by atoms with E-state index in [1.165, 1.54) is 0 Å². The van der Waals surface area contributed by atoms with E-state index in [0.29, 0.717) is 5.02 Å². The Bertz CT molecular complexity index is 407. The van der Waals surface area contributed by atoms with Gasteiger partial charge in [-0.1, -0.05) is 41.0 Å². The van der Waals surface area contributed by atoms with E-state index in [2.05, 4.69) is 10.3 Å². The number of hydrogen-bond acceptors (Lipinski definition) is 3. The van der Waals surface area contributed by atoms with Crippen LogP contribution in [-0.2, 0) is 5.75 Å². The minimum Gasteiger partial charge on any atom is -0.365 e. The van der Waals surface area contributed by atoms with Crippen molar-refractivity contribution >= 4 is 40.1 Å². The Labute approximate surface area is 109 Å². The van der Waals surface area contributed by atoms with Crippen molar-refractivity contribution in [3.63, 3.8) is 0 Å². The van der Waals surface area contributed by atoms with E-state index in [4.69, 9.17) is 23.2 Å². The maximum Gasteiger partial charge on any atom is 0.156 e. The Morgan fingerprint density at radius 3 is 2.94 bits per heavy atom. The predicted molar refractivity (Wildman–Crippen MR) is 72.7 cm³/mol. The number of nitrogens with one attached hydrogen (secondary N) is 1. The third-order valence-electron chi connectivity index (χ3n) is 2.25. The molecule has 86 valence electrons. The summed E-state index contributed by atoms with van der Waals surface area (Å²) in [6.45, 7) is 1.93. The number of rotatable bonds is 2. The fourth-order valence-corrected chi connectivity index (χ4v) is 2.88. The van der Waals surface area contributed by atoms with E-state index in [0.717, 1.165) is 41.0 Å². The predicted octanol–water partition coefficient (Wildman–Crippen LogP) is 3.58. The maximum atomic E-state index is 6.09. The molecule has 1 aliphatic heterocycles. The third kappa shape index (κ3) is 3.30. The van der Waals surface area contributed by atoms with Crippen LogP contribution in [0.2, 0.25) is 10.0 Å². The molecule has 0 bridgehead atoms. The average molecular weight is 275 g/mol. The van der Waals surface area contributed by atoms with Gasteiger partial charge in [0.15, 0.2) is 5.17 Å². The first kappa shape index (κ1) is 12.1. The Balaban J connectivity index is 1.96. The molecular weight excluding hydrogens is 263 g/mol. The minimum absolute atomic E-state index is 0.673. The Morgan fingerprint density at radius 1 is 1.38 bits per heavy atom. The van der Waals surface area contributed by atoms with Crippen molar-refractivity contribution in [1.82, 2.24) is 5.32 Å². The Kier molecular flexibility index (Phi) is 4.38. The number of amidine groups is 1. The summed E-state index contributed by atoms with van der Waals surface area (Å²) < 4.78 is 0. The van der Waals surface area contributed by atoms with Crippen molar-refractivity contribution in [2.75, 3.05) is 13.1 Å². The van der Waals surface area contributed by atoms with Gasteiger partial charge in [-0.25, -0.2) is 0 Å². The molecule has 0 saturated heterocycles. The fraction of sp³-hybridized carbons (Fsp3) is 0.364. The van der Waals surface area contributed by atoms with Crippen molar-refractivity contribution < 1.29 is 0 Å². The van der Waals surface area contributed by atoms with Gasteiger partial charge in [-0.3, -0.25) is 4.99 Å². The van der Waals surface area contributed by atoms with Gasteiger partial charge < -0.3 is 5.32 Å². The first-order chi connectivity index (χ1) is 7.75. The Morgan fingerprint density at radius 2 is 2.25 bits per heavy atom. The van der Waals surface area contributed by atoms with Crippen LogP contribution >= 0.6 is 35.0 Å². The molecule has 0 saturated carbocycles. The molecule has 1 aliphatic rings. The van der Waals surface area contributed by atoms with Crippen LogP contribution in [0.5, 0.6) is 0 Å². The summed E-state index contributed by atoms with van der Waals surface area (Å²) in [5, 5.41) is 5.67. The molecule has 2 rings (SSSR count). The molecule has 0 fully saturated rings. The van der Waals surface area contributed by atoms with Gasteiger partial charge in [0.2, 0.25) is 0 Å². The lowest BCUT2D eigenvalue weighted by atomic mass is 10.2. The number of hydrogen-bond donors (Lipinski definition) is 1. The van der Waals surface area contributed by atoms with Crippen molar-refractivity contribution in [3.8, 4) is 0 Å². The topological polar surface area (TPSA) is 24.4 Å². The van der Waals surface area contributed by atoms with E-state index >= 15 is 0 Å². The second-order valence-electron chi connectivity index (χ2n) is 3.49. The van der Waals surface area contributed by atoms with Gasteiger partial charge in [0.05, 0.1) is 0 Å². The van der Waals surface area contributed by atoms with Crippen molar-refractivity contribution in [1.29, 1.82) is 0 Å². The molecule has 1 aromatic rings. The van der Waals surface area contributed by atoms with Crippen molar-refractivity contribution in [2.24, 2.45) is 4.99 Å². The minimum atomic E-state index is 0.673. The van der Waals surface area contributed by atoms with Gasteiger partial charge in [-0.05, 0) is 24.1 Å². The van der Waals surface area contributed by atoms with Crippen LogP contribution in [0.4, 0.5) is 0 Å². The van der Waals surface area contributed by atoms with Gasteiger partial charge >= 0.3 is 0 Å². The zero-order valence-electron chi connectivity index (χ0n) is 8.67. The number of benzene rings is 1. The summed E-state index contributed by atoms with van der Waals surface area (Å²) in [6.07, 6.45) is 1.12. The quantitative estimate of drug-likeness (QED) is 0.892. The zero-order chi connectivity index (χ0) is 11.4. The normalized spacial score (nSPS) is 15.5. The maximum absolute atomic E-state index is 6.09. The van der Waals surface area contributed by atoms with Crippen LogP contribution in [0.3, 0.4) is 0 Å². The Hall–Kier alpha value is -0.380. The first-order valence-electron chi connectivity index (χ1n) is 5.11. The second-order valence-corrected chi connectivity index (χ2v) is 5.30. The highest BCUT2D eigenvalue weighted by Gasteiger charge is 2.07. The lowest BCUT2D eigenvalue weighted by molar-refractivity contribution is 0.751. The molecule has 5 heteroatoms. The molecule has 0 unspecified atom stereocenters. The SMILES string of the molecule is Clc1ccc(CSC2=NCCCN2)c(Cl)c1. The van der Waals surface area contributed by atoms with Gasteiger partial charge in [-0.2, -0.15) is 0 Å². The number of halogens is 2. The molecule has 1 N–H and O–H groups in total. The number of nitrogens with zero attached hydrogens (tertiary/aromatic N) is 1.